The van der Waals surface area contributed by atoms with E-state index in [1.165, 1.54) is 53.1 Å². The summed E-state index contributed by atoms with van der Waals surface area (Å²) in [7, 11) is -3.91. The summed E-state index contributed by atoms with van der Waals surface area (Å²) in [4.78, 5) is 54.9. The minimum Gasteiger partial charge on any atom is -0.325 e. The van der Waals surface area contributed by atoms with Crippen LogP contribution >= 0.6 is 39.0 Å². The van der Waals surface area contributed by atoms with Gasteiger partial charge in [0.15, 0.2) is 0 Å². The molecule has 3 atom stereocenters. The summed E-state index contributed by atoms with van der Waals surface area (Å²) in [5, 5.41) is 7.27. The highest BCUT2D eigenvalue weighted by Gasteiger charge is 2.56. The minimum absolute atomic E-state index is 0.121. The third-order valence-corrected chi connectivity index (χ3v) is 11.2. The highest BCUT2D eigenvalue weighted by atomic mass is 79.9. The number of imide groups is 1. The van der Waals surface area contributed by atoms with Crippen molar-refractivity contribution in [1.82, 2.24) is 4.57 Å². The Labute approximate surface area is 260 Å². The molecule has 3 N–H and O–H groups in total. The lowest BCUT2D eigenvalue weighted by molar-refractivity contribution is -0.122. The van der Waals surface area contributed by atoms with Gasteiger partial charge in [0.2, 0.25) is 27.7 Å². The van der Waals surface area contributed by atoms with Gasteiger partial charge >= 0.3 is 4.87 Å². The molecule has 0 spiro atoms. The number of amides is 3. The number of primary sulfonamides is 1. The Balaban J connectivity index is 1.36. The number of carbonyl (C=O) groups is 3. The van der Waals surface area contributed by atoms with E-state index in [1.54, 1.807) is 12.1 Å². The van der Waals surface area contributed by atoms with Gasteiger partial charge in [-0.2, -0.15) is 0 Å². The number of carbonyl (C=O) groups excluding carboxylic acids is 3. The molecular formula is C28H20BrFN4O6S3. The maximum Gasteiger partial charge on any atom is 0.308 e. The number of nitrogens with one attached hydrogen (secondary N) is 1. The summed E-state index contributed by atoms with van der Waals surface area (Å²) in [6.07, 6.45) is 0. The lowest BCUT2D eigenvalue weighted by atomic mass is 9.83. The normalized spacial score (nSPS) is 19.7. The van der Waals surface area contributed by atoms with Gasteiger partial charge in [0, 0.05) is 21.0 Å². The number of benzene rings is 3. The molecule has 10 nitrogen and oxygen atoms in total. The Morgan fingerprint density at radius 1 is 0.953 bits per heavy atom. The fraction of sp³-hybridized carbons (Fsp3) is 0.143. The predicted molar refractivity (Wildman–Crippen MR) is 163 cm³/mol. The Bertz CT molecular complexity index is 1940. The molecule has 0 bridgehead atoms. The minimum atomic E-state index is -3.91. The van der Waals surface area contributed by atoms with Crippen LogP contribution in [-0.2, 0) is 31.0 Å². The first kappa shape index (κ1) is 29.4. The Morgan fingerprint density at radius 3 is 2.23 bits per heavy atom. The Morgan fingerprint density at radius 2 is 1.60 bits per heavy atom. The lowest BCUT2D eigenvalue weighted by Crippen LogP contribution is -2.33. The number of sulfonamides is 1. The number of aromatic nitrogens is 1. The SMILES string of the molecule is NS(=O)(=O)c1ccc(NC(=O)Cn2c3c(sc2=O)C(c2ccc(Br)cc2)C2C(=O)N(c4ccc(F)cc4)C(=O)C2S3)cc1. The van der Waals surface area contributed by atoms with Crippen molar-refractivity contribution in [2.75, 3.05) is 10.2 Å². The second-order valence-corrected chi connectivity index (χ2v) is 14.4. The number of halogens is 2. The molecule has 2 aliphatic heterocycles. The van der Waals surface area contributed by atoms with E-state index in [1.807, 2.05) is 12.1 Å². The Kier molecular flexibility index (Phi) is 7.62. The van der Waals surface area contributed by atoms with Crippen LogP contribution in [0.5, 0.6) is 0 Å². The van der Waals surface area contributed by atoms with Crippen molar-refractivity contribution < 1.29 is 27.2 Å². The first-order valence-corrected chi connectivity index (χ1v) is 16.7. The number of thiazole rings is 1. The van der Waals surface area contributed by atoms with E-state index in [0.717, 1.165) is 38.0 Å². The third kappa shape index (κ3) is 5.47. The standard InChI is InChI=1S/C28H20BrFN4O6S3/c29-15-3-1-14(2-4-15)21-22-23(26(37)34(25(22)36)18-9-5-16(30)6-10-18)41-27-24(21)42-28(38)33(27)13-20(35)32-17-7-11-19(12-8-17)43(31,39)40/h1-12,21-23H,13H2,(H,32,35)(H2,31,39,40). The number of nitrogens with zero attached hydrogens (tertiary/aromatic N) is 2. The molecule has 43 heavy (non-hydrogen) atoms. The maximum atomic E-state index is 13.9. The summed E-state index contributed by atoms with van der Waals surface area (Å²) in [6, 6.07) is 17.6. The fourth-order valence-electron chi connectivity index (χ4n) is 5.20. The van der Waals surface area contributed by atoms with Crippen LogP contribution < -0.4 is 20.2 Å². The molecule has 3 unspecified atom stereocenters. The molecule has 3 heterocycles. The molecule has 220 valence electrons. The van der Waals surface area contributed by atoms with Crippen molar-refractivity contribution in [3.63, 3.8) is 0 Å². The monoisotopic (exact) mass is 702 g/mol. The number of nitrogens with two attached hydrogens (primary N) is 1. The Hall–Kier alpha value is -3.63. The molecule has 0 aliphatic carbocycles. The smallest absolute Gasteiger partial charge is 0.308 e. The molecule has 1 saturated heterocycles. The highest BCUT2D eigenvalue weighted by Crippen LogP contribution is 2.54. The molecule has 3 amide bonds. The van der Waals surface area contributed by atoms with Gasteiger partial charge in [-0.1, -0.05) is 51.2 Å². The molecule has 6 rings (SSSR count). The van der Waals surface area contributed by atoms with Crippen molar-refractivity contribution in [1.29, 1.82) is 0 Å². The second-order valence-electron chi connectivity index (χ2n) is 9.82. The predicted octanol–water partition coefficient (Wildman–Crippen LogP) is 3.89. The van der Waals surface area contributed by atoms with Crippen LogP contribution in [0.2, 0.25) is 0 Å². The number of thioether (sulfide) groups is 1. The summed E-state index contributed by atoms with van der Waals surface area (Å²) in [5.74, 6) is -3.51. The molecular weight excluding hydrogens is 683 g/mol. The fourth-order valence-corrected chi connectivity index (χ4v) is 8.75. The topological polar surface area (TPSA) is 149 Å². The molecule has 0 radical (unpaired) electrons. The van der Waals surface area contributed by atoms with Crippen LogP contribution in [0.15, 0.2) is 92.0 Å². The van der Waals surface area contributed by atoms with Gasteiger partial charge in [-0.15, -0.1) is 0 Å². The zero-order valence-corrected chi connectivity index (χ0v) is 25.8. The van der Waals surface area contributed by atoms with Gasteiger partial charge in [-0.3, -0.25) is 23.7 Å². The average Bonchev–Trinajstić information content (AvgIpc) is 3.40. The third-order valence-electron chi connectivity index (χ3n) is 7.13. The van der Waals surface area contributed by atoms with E-state index in [0.29, 0.717) is 15.6 Å². The van der Waals surface area contributed by atoms with Crippen molar-refractivity contribution in [3.8, 4) is 0 Å². The molecule has 15 heteroatoms. The lowest BCUT2D eigenvalue weighted by Gasteiger charge is -2.30. The summed E-state index contributed by atoms with van der Waals surface area (Å²) >= 11 is 5.38. The first-order chi connectivity index (χ1) is 20.4. The zero-order valence-electron chi connectivity index (χ0n) is 21.8. The van der Waals surface area contributed by atoms with Gasteiger partial charge in [0.05, 0.1) is 21.5 Å². The molecule has 0 saturated carbocycles. The van der Waals surface area contributed by atoms with Crippen molar-refractivity contribution in [3.05, 3.63) is 103 Å². The van der Waals surface area contributed by atoms with Crippen LogP contribution in [0, 0.1) is 11.7 Å². The first-order valence-electron chi connectivity index (χ1n) is 12.6. The van der Waals surface area contributed by atoms with Gasteiger partial charge in [-0.05, 0) is 66.2 Å². The van der Waals surface area contributed by atoms with E-state index < -0.39 is 55.5 Å². The number of hydrogen-bond acceptors (Lipinski definition) is 8. The number of fused-ring (bicyclic) bond motifs is 2. The van der Waals surface area contributed by atoms with Crippen LogP contribution in [0.25, 0.3) is 0 Å². The number of hydrogen-bond donors (Lipinski definition) is 2. The number of rotatable bonds is 6. The molecule has 2 aliphatic rings. The summed E-state index contributed by atoms with van der Waals surface area (Å²) in [5.41, 5.74) is 1.26. The largest absolute Gasteiger partial charge is 0.325 e. The molecule has 4 aromatic rings. The van der Waals surface area contributed by atoms with Crippen LogP contribution in [0.3, 0.4) is 0 Å². The maximum absolute atomic E-state index is 13.9. The van der Waals surface area contributed by atoms with Crippen molar-refractivity contribution in [2.24, 2.45) is 11.1 Å². The van der Waals surface area contributed by atoms with Gasteiger partial charge in [0.25, 0.3) is 0 Å². The average molecular weight is 704 g/mol. The van der Waals surface area contributed by atoms with Crippen molar-refractivity contribution in [2.45, 2.75) is 27.6 Å². The quantitative estimate of drug-likeness (QED) is 0.290. The van der Waals surface area contributed by atoms with E-state index in [-0.39, 0.29) is 17.1 Å². The van der Waals surface area contributed by atoms with Crippen LogP contribution in [0.1, 0.15) is 16.4 Å². The van der Waals surface area contributed by atoms with Crippen LogP contribution in [0.4, 0.5) is 15.8 Å². The van der Waals surface area contributed by atoms with Gasteiger partial charge in [-0.25, -0.2) is 22.8 Å². The van der Waals surface area contributed by atoms with E-state index >= 15 is 0 Å². The highest BCUT2D eigenvalue weighted by molar-refractivity contribution is 9.10. The zero-order chi connectivity index (χ0) is 30.6. The van der Waals surface area contributed by atoms with Crippen molar-refractivity contribution >= 4 is 78.1 Å². The molecule has 3 aromatic carbocycles. The van der Waals surface area contributed by atoms with Gasteiger partial charge < -0.3 is 5.32 Å². The molecule has 1 fully saturated rings. The molecule has 1 aromatic heterocycles. The number of anilines is 2. The van der Waals surface area contributed by atoms with E-state index in [4.69, 9.17) is 5.14 Å². The van der Waals surface area contributed by atoms with E-state index in [9.17, 15) is 32.0 Å². The summed E-state index contributed by atoms with van der Waals surface area (Å²) in [6.45, 7) is -0.386. The summed E-state index contributed by atoms with van der Waals surface area (Å²) < 4.78 is 38.7. The van der Waals surface area contributed by atoms with Gasteiger partial charge in [0.1, 0.15) is 17.6 Å². The van der Waals surface area contributed by atoms with E-state index in [2.05, 4.69) is 21.2 Å². The second kappa shape index (κ2) is 11.1. The van der Waals surface area contributed by atoms with Crippen LogP contribution in [-0.4, -0.2) is 36.0 Å².